The first-order chi connectivity index (χ1) is 15.9. The van der Waals surface area contributed by atoms with Gasteiger partial charge < -0.3 is 26.1 Å². The highest BCUT2D eigenvalue weighted by Crippen LogP contribution is 2.27. The third-order valence-electron chi connectivity index (χ3n) is 5.74. The van der Waals surface area contributed by atoms with Crippen molar-refractivity contribution in [1.29, 1.82) is 0 Å². The van der Waals surface area contributed by atoms with Gasteiger partial charge in [0, 0.05) is 48.8 Å². The fraction of sp³-hybridized carbons (Fsp3) is 0.333. The molecule has 0 radical (unpaired) electrons. The van der Waals surface area contributed by atoms with Crippen LogP contribution in [0.25, 0.3) is 11.1 Å². The molecule has 0 bridgehead atoms. The summed E-state index contributed by atoms with van der Waals surface area (Å²) in [6.07, 6.45) is 5.49. The molecule has 1 aromatic carbocycles. The summed E-state index contributed by atoms with van der Waals surface area (Å²) in [7, 11) is 0. The third-order valence-corrected chi connectivity index (χ3v) is 5.96. The Bertz CT molecular complexity index is 1110. The number of carbonyl (C=O) groups is 1. The van der Waals surface area contributed by atoms with Crippen LogP contribution in [0.4, 0.5) is 10.2 Å². The van der Waals surface area contributed by atoms with Crippen molar-refractivity contribution < 1.29 is 13.9 Å². The summed E-state index contributed by atoms with van der Waals surface area (Å²) in [6.45, 7) is 3.58. The minimum absolute atomic E-state index is 0.101. The average molecular weight is 472 g/mol. The molecule has 0 aliphatic carbocycles. The van der Waals surface area contributed by atoms with E-state index in [1.54, 1.807) is 18.3 Å². The van der Waals surface area contributed by atoms with Crippen LogP contribution in [0.5, 0.6) is 0 Å². The SMILES string of the molecule is Cc1cnc(NC2CCOCC2)cc1-c1c[nH]c(C(=O)N[C@H](CN)c2cc(F)cc(Cl)c2)c1. The Labute approximate surface area is 196 Å². The highest BCUT2D eigenvalue weighted by Gasteiger charge is 2.19. The molecule has 1 fully saturated rings. The molecule has 3 aromatic rings. The summed E-state index contributed by atoms with van der Waals surface area (Å²) in [5.41, 5.74) is 9.55. The molecule has 1 aliphatic rings. The van der Waals surface area contributed by atoms with Gasteiger partial charge in [0.1, 0.15) is 17.3 Å². The summed E-state index contributed by atoms with van der Waals surface area (Å²) < 4.78 is 19.1. The number of anilines is 1. The molecule has 7 nitrogen and oxygen atoms in total. The van der Waals surface area contributed by atoms with Crippen LogP contribution >= 0.6 is 11.6 Å². The number of H-pyrrole nitrogens is 1. The Kier molecular flexibility index (Phi) is 7.27. The van der Waals surface area contributed by atoms with Crippen LogP contribution in [0.15, 0.2) is 42.7 Å². The normalized spacial score (nSPS) is 15.3. The lowest BCUT2D eigenvalue weighted by molar-refractivity contribution is 0.0903. The molecule has 2 aromatic heterocycles. The number of halogens is 2. The van der Waals surface area contributed by atoms with Crippen molar-refractivity contribution in [2.45, 2.75) is 31.8 Å². The lowest BCUT2D eigenvalue weighted by Gasteiger charge is -2.24. The maximum atomic E-state index is 13.7. The Morgan fingerprint density at radius 2 is 2.09 bits per heavy atom. The maximum absolute atomic E-state index is 13.7. The number of aromatic amines is 1. The highest BCUT2D eigenvalue weighted by molar-refractivity contribution is 6.30. The average Bonchev–Trinajstić information content (AvgIpc) is 3.29. The molecule has 0 saturated carbocycles. The predicted molar refractivity (Wildman–Crippen MR) is 127 cm³/mol. The summed E-state index contributed by atoms with van der Waals surface area (Å²) in [5.74, 6) is -0.0316. The minimum atomic E-state index is -0.574. The van der Waals surface area contributed by atoms with Crippen molar-refractivity contribution in [3.8, 4) is 11.1 Å². The lowest BCUT2D eigenvalue weighted by atomic mass is 10.0. The van der Waals surface area contributed by atoms with Gasteiger partial charge in [0.15, 0.2) is 0 Å². The summed E-state index contributed by atoms with van der Waals surface area (Å²) in [5, 5.41) is 6.56. The highest BCUT2D eigenvalue weighted by atomic mass is 35.5. The molecule has 33 heavy (non-hydrogen) atoms. The van der Waals surface area contributed by atoms with E-state index in [0.717, 1.165) is 48.6 Å². The number of rotatable bonds is 7. The van der Waals surface area contributed by atoms with Crippen molar-refractivity contribution in [2.24, 2.45) is 5.73 Å². The van der Waals surface area contributed by atoms with Gasteiger partial charge in [0.25, 0.3) is 5.91 Å². The molecule has 3 heterocycles. The number of nitrogens with two attached hydrogens (primary N) is 1. The van der Waals surface area contributed by atoms with E-state index in [0.29, 0.717) is 17.3 Å². The number of hydrogen-bond acceptors (Lipinski definition) is 5. The van der Waals surface area contributed by atoms with Gasteiger partial charge in [0.05, 0.1) is 6.04 Å². The van der Waals surface area contributed by atoms with Crippen molar-refractivity contribution in [3.63, 3.8) is 0 Å². The van der Waals surface area contributed by atoms with Crippen LogP contribution in [0.1, 0.15) is 40.5 Å². The topological polar surface area (TPSA) is 105 Å². The van der Waals surface area contributed by atoms with Gasteiger partial charge in [-0.1, -0.05) is 11.6 Å². The molecule has 5 N–H and O–H groups in total. The Balaban J connectivity index is 1.49. The minimum Gasteiger partial charge on any atom is -0.381 e. The van der Waals surface area contributed by atoms with Crippen LogP contribution in [-0.4, -0.2) is 41.7 Å². The molecule has 0 spiro atoms. The van der Waals surface area contributed by atoms with Gasteiger partial charge >= 0.3 is 0 Å². The number of aryl methyl sites for hydroxylation is 1. The fourth-order valence-electron chi connectivity index (χ4n) is 3.94. The zero-order valence-corrected chi connectivity index (χ0v) is 19.1. The van der Waals surface area contributed by atoms with E-state index < -0.39 is 11.9 Å². The number of nitrogens with zero attached hydrogens (tertiary/aromatic N) is 1. The molecule has 0 unspecified atom stereocenters. The molecule has 1 atom stereocenters. The zero-order chi connectivity index (χ0) is 23.4. The molecule has 4 rings (SSSR count). The van der Waals surface area contributed by atoms with E-state index in [4.69, 9.17) is 22.1 Å². The number of pyridine rings is 1. The van der Waals surface area contributed by atoms with Crippen LogP contribution < -0.4 is 16.4 Å². The molecule has 174 valence electrons. The quantitative estimate of drug-likeness (QED) is 0.413. The van der Waals surface area contributed by atoms with Gasteiger partial charge in [-0.2, -0.15) is 0 Å². The number of hydrogen-bond donors (Lipinski definition) is 4. The number of aromatic nitrogens is 2. The first-order valence-corrected chi connectivity index (χ1v) is 11.3. The fourth-order valence-corrected chi connectivity index (χ4v) is 4.17. The molecular weight excluding hydrogens is 445 g/mol. The van der Waals surface area contributed by atoms with Gasteiger partial charge in [-0.15, -0.1) is 0 Å². The Morgan fingerprint density at radius 1 is 1.30 bits per heavy atom. The van der Waals surface area contributed by atoms with Crippen LogP contribution in [0.3, 0.4) is 0 Å². The number of ether oxygens (including phenoxy) is 1. The van der Waals surface area contributed by atoms with E-state index in [1.165, 1.54) is 12.1 Å². The number of amides is 1. The second-order valence-corrected chi connectivity index (χ2v) is 8.62. The Hall–Kier alpha value is -2.94. The predicted octanol–water partition coefficient (Wildman–Crippen LogP) is 4.20. The van der Waals surface area contributed by atoms with E-state index >= 15 is 0 Å². The second-order valence-electron chi connectivity index (χ2n) is 8.18. The number of benzene rings is 1. The lowest BCUT2D eigenvalue weighted by Crippen LogP contribution is -2.33. The summed E-state index contributed by atoms with van der Waals surface area (Å²) >= 11 is 5.95. The summed E-state index contributed by atoms with van der Waals surface area (Å²) in [4.78, 5) is 20.4. The van der Waals surface area contributed by atoms with Gasteiger partial charge in [-0.25, -0.2) is 9.37 Å². The first kappa shape index (κ1) is 23.2. The molecule has 9 heteroatoms. The van der Waals surface area contributed by atoms with E-state index in [9.17, 15) is 9.18 Å². The smallest absolute Gasteiger partial charge is 0.268 e. The number of nitrogens with one attached hydrogen (secondary N) is 3. The van der Waals surface area contributed by atoms with Crippen LogP contribution in [0, 0.1) is 12.7 Å². The van der Waals surface area contributed by atoms with Crippen LogP contribution in [-0.2, 0) is 4.74 Å². The molecule has 1 amide bonds. The maximum Gasteiger partial charge on any atom is 0.268 e. The molecule has 1 saturated heterocycles. The van der Waals surface area contributed by atoms with Crippen molar-refractivity contribution in [2.75, 3.05) is 25.1 Å². The van der Waals surface area contributed by atoms with Crippen molar-refractivity contribution >= 4 is 23.3 Å². The largest absolute Gasteiger partial charge is 0.381 e. The summed E-state index contributed by atoms with van der Waals surface area (Å²) in [6, 6.07) is 7.65. The monoisotopic (exact) mass is 471 g/mol. The van der Waals surface area contributed by atoms with E-state index in [2.05, 4.69) is 20.6 Å². The van der Waals surface area contributed by atoms with E-state index in [-0.39, 0.29) is 17.5 Å². The van der Waals surface area contributed by atoms with Gasteiger partial charge in [0.2, 0.25) is 0 Å². The Morgan fingerprint density at radius 3 is 2.82 bits per heavy atom. The number of carbonyl (C=O) groups excluding carboxylic acids is 1. The van der Waals surface area contributed by atoms with Gasteiger partial charge in [-0.05, 0) is 66.8 Å². The van der Waals surface area contributed by atoms with Crippen molar-refractivity contribution in [1.82, 2.24) is 15.3 Å². The van der Waals surface area contributed by atoms with Crippen LogP contribution in [0.2, 0.25) is 5.02 Å². The molecular formula is C24H27ClFN5O2. The standard InChI is InChI=1S/C24H27ClFN5O2/c1-14-12-29-23(30-19-2-4-33-5-3-19)10-20(14)16-8-21(28-13-16)24(32)31-22(11-27)15-6-17(25)9-18(26)7-15/h6-10,12-13,19,22,28H,2-5,11,27H2,1H3,(H,29,30)(H,31,32)/t22-/m1/s1. The molecule has 1 aliphatic heterocycles. The van der Waals surface area contributed by atoms with E-state index in [1.807, 2.05) is 19.2 Å². The zero-order valence-electron chi connectivity index (χ0n) is 18.3. The first-order valence-electron chi connectivity index (χ1n) is 10.9. The van der Waals surface area contributed by atoms with Gasteiger partial charge in [-0.3, -0.25) is 4.79 Å². The second kappa shape index (κ2) is 10.3. The third kappa shape index (κ3) is 5.71. The van der Waals surface area contributed by atoms with Crippen molar-refractivity contribution in [3.05, 3.63) is 70.4 Å².